The molecule has 0 aliphatic carbocycles. The molecule has 1 aromatic carbocycles. The number of halogens is 1. The first-order valence-electron chi connectivity index (χ1n) is 9.04. The Morgan fingerprint density at radius 3 is 2.68 bits per heavy atom. The van der Waals surface area contributed by atoms with E-state index < -0.39 is 29.6 Å². The summed E-state index contributed by atoms with van der Waals surface area (Å²) >= 11 is 0. The van der Waals surface area contributed by atoms with E-state index in [4.69, 9.17) is 4.74 Å². The molecule has 1 fully saturated rings. The van der Waals surface area contributed by atoms with Gasteiger partial charge in [-0.05, 0) is 51.5 Å². The van der Waals surface area contributed by atoms with Crippen molar-refractivity contribution in [2.45, 2.75) is 39.3 Å². The van der Waals surface area contributed by atoms with Crippen LogP contribution in [0.25, 0.3) is 10.9 Å². The van der Waals surface area contributed by atoms with Gasteiger partial charge in [0.25, 0.3) is 5.91 Å². The van der Waals surface area contributed by atoms with E-state index in [1.807, 2.05) is 0 Å². The fourth-order valence-corrected chi connectivity index (χ4v) is 3.30. The molecule has 2 unspecified atom stereocenters. The summed E-state index contributed by atoms with van der Waals surface area (Å²) in [7, 11) is 0. The van der Waals surface area contributed by atoms with Crippen molar-refractivity contribution in [2.75, 3.05) is 13.1 Å². The Morgan fingerprint density at radius 2 is 2.04 bits per heavy atom. The molecular formula is C20H23FN4O3. The van der Waals surface area contributed by atoms with E-state index in [-0.39, 0.29) is 24.6 Å². The number of aromatic amines is 1. The summed E-state index contributed by atoms with van der Waals surface area (Å²) in [6, 6.07) is 6.01. The predicted octanol–water partition coefficient (Wildman–Crippen LogP) is 3.10. The molecule has 148 valence electrons. The number of carbonyl (C=O) groups excluding carboxylic acids is 2. The molecule has 0 radical (unpaired) electrons. The molecule has 1 aliphatic heterocycles. The van der Waals surface area contributed by atoms with Crippen molar-refractivity contribution in [1.82, 2.24) is 15.2 Å². The van der Waals surface area contributed by atoms with Crippen molar-refractivity contribution < 1.29 is 18.7 Å². The molecular weight excluding hydrogens is 363 g/mol. The van der Waals surface area contributed by atoms with Crippen LogP contribution in [0.1, 0.15) is 36.8 Å². The molecule has 2 N–H and O–H groups in total. The van der Waals surface area contributed by atoms with Gasteiger partial charge in [-0.2, -0.15) is 5.26 Å². The topological polar surface area (TPSA) is 98.2 Å². The second-order valence-electron chi connectivity index (χ2n) is 8.07. The number of nitrogens with zero attached hydrogens (tertiary/aromatic N) is 2. The van der Waals surface area contributed by atoms with E-state index in [2.05, 4.69) is 16.4 Å². The molecule has 2 atom stereocenters. The summed E-state index contributed by atoms with van der Waals surface area (Å²) in [5, 5.41) is 13.0. The zero-order valence-corrected chi connectivity index (χ0v) is 16.3. The number of nitrogens with one attached hydrogen (secondary N) is 2. The highest BCUT2D eigenvalue weighted by molar-refractivity contribution is 5.99. The molecule has 2 heterocycles. The smallest absolute Gasteiger partial charge is 0.410 e. The molecule has 8 heteroatoms. The highest BCUT2D eigenvalue weighted by atomic mass is 19.1. The van der Waals surface area contributed by atoms with Crippen LogP contribution in [-0.4, -0.2) is 46.6 Å². The number of likely N-dealkylation sites (tertiary alicyclic amines) is 1. The lowest BCUT2D eigenvalue weighted by atomic mass is 10.1. The third kappa shape index (κ3) is 4.09. The zero-order valence-electron chi connectivity index (χ0n) is 16.3. The van der Waals surface area contributed by atoms with Gasteiger partial charge in [-0.15, -0.1) is 0 Å². The van der Waals surface area contributed by atoms with Crippen molar-refractivity contribution in [3.05, 3.63) is 35.3 Å². The molecule has 1 aromatic heterocycles. The van der Waals surface area contributed by atoms with Crippen LogP contribution in [0, 0.1) is 30.0 Å². The Labute approximate surface area is 162 Å². The van der Waals surface area contributed by atoms with Crippen LogP contribution in [0.3, 0.4) is 0 Å². The monoisotopic (exact) mass is 386 g/mol. The second kappa shape index (κ2) is 7.15. The number of rotatable bonds is 2. The molecule has 2 amide bonds. The van der Waals surface area contributed by atoms with Crippen LogP contribution in [-0.2, 0) is 4.74 Å². The van der Waals surface area contributed by atoms with Crippen LogP contribution in [0.4, 0.5) is 9.18 Å². The fourth-order valence-electron chi connectivity index (χ4n) is 3.30. The number of amides is 2. The number of benzene rings is 1. The lowest BCUT2D eigenvalue weighted by Crippen LogP contribution is -2.41. The summed E-state index contributed by atoms with van der Waals surface area (Å²) in [6.45, 7) is 7.44. The molecule has 1 aliphatic rings. The normalized spacial score (nSPS) is 19.5. The van der Waals surface area contributed by atoms with E-state index in [1.54, 1.807) is 33.8 Å². The number of ether oxygens (including phenoxy) is 1. The quantitative estimate of drug-likeness (QED) is 0.829. The maximum Gasteiger partial charge on any atom is 0.410 e. The Kier molecular flexibility index (Phi) is 5.02. The number of hydrogen-bond donors (Lipinski definition) is 2. The highest BCUT2D eigenvalue weighted by Gasteiger charge is 2.38. The highest BCUT2D eigenvalue weighted by Crippen LogP contribution is 2.23. The largest absolute Gasteiger partial charge is 0.444 e. The SMILES string of the molecule is Cc1cc(F)cc2[nH]c(C(=O)NC3CN(C(=O)OC(C)(C)C)CC3C#N)cc12. The number of aryl methyl sites for hydroxylation is 1. The number of H-pyrrole nitrogens is 1. The van der Waals surface area contributed by atoms with Gasteiger partial charge in [-0.25, -0.2) is 9.18 Å². The van der Waals surface area contributed by atoms with Crippen LogP contribution >= 0.6 is 0 Å². The standard InChI is InChI=1S/C20H23FN4O3/c1-11-5-13(21)6-15-14(11)7-16(23-15)18(26)24-17-10-25(9-12(17)8-22)19(27)28-20(2,3)4/h5-7,12,17,23H,9-10H2,1-4H3,(H,24,26). The van der Waals surface area contributed by atoms with Crippen LogP contribution in [0.5, 0.6) is 0 Å². The maximum atomic E-state index is 13.6. The van der Waals surface area contributed by atoms with Crippen LogP contribution in [0.15, 0.2) is 18.2 Å². The van der Waals surface area contributed by atoms with Crippen molar-refractivity contribution in [2.24, 2.45) is 5.92 Å². The number of nitriles is 1. The average molecular weight is 386 g/mol. The van der Waals surface area contributed by atoms with E-state index in [1.165, 1.54) is 17.0 Å². The molecule has 1 saturated heterocycles. The molecule has 2 aromatic rings. The lowest BCUT2D eigenvalue weighted by molar-refractivity contribution is 0.0287. The van der Waals surface area contributed by atoms with Gasteiger partial charge in [0.1, 0.15) is 17.1 Å². The predicted molar refractivity (Wildman–Crippen MR) is 101 cm³/mol. The Bertz CT molecular complexity index is 970. The first-order valence-corrected chi connectivity index (χ1v) is 9.04. The van der Waals surface area contributed by atoms with Gasteiger partial charge in [-0.3, -0.25) is 4.79 Å². The summed E-state index contributed by atoms with van der Waals surface area (Å²) < 4.78 is 18.9. The van der Waals surface area contributed by atoms with Gasteiger partial charge in [0.05, 0.1) is 18.0 Å². The minimum atomic E-state index is -0.641. The molecule has 28 heavy (non-hydrogen) atoms. The molecule has 0 saturated carbocycles. The third-order valence-electron chi connectivity index (χ3n) is 4.61. The summed E-state index contributed by atoms with van der Waals surface area (Å²) in [4.78, 5) is 29.2. The van der Waals surface area contributed by atoms with E-state index in [9.17, 15) is 19.2 Å². The van der Waals surface area contributed by atoms with Crippen LogP contribution in [0.2, 0.25) is 0 Å². The first-order chi connectivity index (χ1) is 13.1. The first kappa shape index (κ1) is 19.7. The zero-order chi connectivity index (χ0) is 20.6. The van der Waals surface area contributed by atoms with Gasteiger partial charge < -0.3 is 19.9 Å². The summed E-state index contributed by atoms with van der Waals surface area (Å²) in [5.41, 5.74) is 0.882. The van der Waals surface area contributed by atoms with Crippen molar-refractivity contribution >= 4 is 22.9 Å². The molecule has 0 bridgehead atoms. The van der Waals surface area contributed by atoms with Crippen molar-refractivity contribution in [3.63, 3.8) is 0 Å². The van der Waals surface area contributed by atoms with E-state index in [0.717, 1.165) is 10.9 Å². The summed E-state index contributed by atoms with van der Waals surface area (Å²) in [5.74, 6) is -1.33. The number of fused-ring (bicyclic) bond motifs is 1. The fraction of sp³-hybridized carbons (Fsp3) is 0.450. The summed E-state index contributed by atoms with van der Waals surface area (Å²) in [6.07, 6.45) is -0.513. The van der Waals surface area contributed by atoms with Crippen LogP contribution < -0.4 is 5.32 Å². The van der Waals surface area contributed by atoms with Gasteiger partial charge in [-0.1, -0.05) is 0 Å². The number of hydrogen-bond acceptors (Lipinski definition) is 4. The third-order valence-corrected chi connectivity index (χ3v) is 4.61. The van der Waals surface area contributed by atoms with E-state index in [0.29, 0.717) is 5.52 Å². The average Bonchev–Trinajstić information content (AvgIpc) is 3.17. The number of aromatic nitrogens is 1. The second-order valence-corrected chi connectivity index (χ2v) is 8.07. The van der Waals surface area contributed by atoms with Gasteiger partial charge in [0.15, 0.2) is 0 Å². The van der Waals surface area contributed by atoms with Crippen molar-refractivity contribution in [3.8, 4) is 6.07 Å². The van der Waals surface area contributed by atoms with Gasteiger partial charge in [0.2, 0.25) is 0 Å². The van der Waals surface area contributed by atoms with E-state index >= 15 is 0 Å². The minimum absolute atomic E-state index is 0.187. The minimum Gasteiger partial charge on any atom is -0.444 e. The Balaban J connectivity index is 1.73. The van der Waals surface area contributed by atoms with Crippen molar-refractivity contribution in [1.29, 1.82) is 5.26 Å². The van der Waals surface area contributed by atoms with Gasteiger partial charge >= 0.3 is 6.09 Å². The molecule has 0 spiro atoms. The van der Waals surface area contributed by atoms with Gasteiger partial charge in [0, 0.05) is 24.0 Å². The molecule has 3 rings (SSSR count). The maximum absolute atomic E-state index is 13.6. The molecule has 7 nitrogen and oxygen atoms in total. The number of carbonyl (C=O) groups is 2. The lowest BCUT2D eigenvalue weighted by Gasteiger charge is -2.24. The Hall–Kier alpha value is -3.08. The Morgan fingerprint density at radius 1 is 1.32 bits per heavy atom.